The zero-order chi connectivity index (χ0) is 13.0. The molecule has 94 valence electrons. The van der Waals surface area contributed by atoms with E-state index in [-0.39, 0.29) is 3.55 Å². The van der Waals surface area contributed by atoms with Crippen LogP contribution >= 0.6 is 22.6 Å². The van der Waals surface area contributed by atoms with Crippen molar-refractivity contribution in [3.05, 3.63) is 54.3 Å². The van der Waals surface area contributed by atoms with Crippen molar-refractivity contribution in [2.45, 2.75) is 9.97 Å². The van der Waals surface area contributed by atoms with Crippen LogP contribution in [-0.4, -0.2) is 22.5 Å². The second kappa shape index (κ2) is 5.75. The number of allylic oxidation sites excluding steroid dienone is 1. The van der Waals surface area contributed by atoms with Gasteiger partial charge >= 0.3 is 0 Å². The Labute approximate surface area is 121 Å². The molecule has 0 saturated heterocycles. The van der Waals surface area contributed by atoms with Crippen molar-refractivity contribution in [2.75, 3.05) is 14.1 Å². The van der Waals surface area contributed by atoms with E-state index in [0.717, 1.165) is 17.8 Å². The lowest BCUT2D eigenvalue weighted by Gasteiger charge is -2.32. The summed E-state index contributed by atoms with van der Waals surface area (Å²) in [7, 11) is 4.17. The highest BCUT2D eigenvalue weighted by molar-refractivity contribution is 14.1. The van der Waals surface area contributed by atoms with Crippen molar-refractivity contribution in [1.29, 1.82) is 0 Å². The molecule has 4 heteroatoms. The fraction of sp³-hybridized carbons (Fsp3) is 0.286. The molecule has 1 aliphatic rings. The predicted molar refractivity (Wildman–Crippen MR) is 83.2 cm³/mol. The third-order valence-electron chi connectivity index (χ3n) is 2.89. The van der Waals surface area contributed by atoms with Crippen molar-refractivity contribution in [1.82, 2.24) is 4.90 Å². The van der Waals surface area contributed by atoms with Gasteiger partial charge in [-0.3, -0.25) is 4.90 Å². The SMILES string of the molecule is CN(C)C1(I)C=CC(N=Nc2ccccc2)=CC1. The van der Waals surface area contributed by atoms with E-state index in [1.807, 2.05) is 36.4 Å². The first-order valence-electron chi connectivity index (χ1n) is 5.83. The smallest absolute Gasteiger partial charge is 0.0949 e. The number of nitrogens with zero attached hydrogens (tertiary/aromatic N) is 3. The third-order valence-corrected chi connectivity index (χ3v) is 4.65. The Morgan fingerprint density at radius 2 is 1.89 bits per heavy atom. The number of likely N-dealkylation sites (N-methyl/N-ethyl adjacent to an activating group) is 1. The van der Waals surface area contributed by atoms with E-state index in [1.165, 1.54) is 0 Å². The normalized spacial score (nSPS) is 23.7. The minimum Gasteiger partial charge on any atom is -0.292 e. The van der Waals surface area contributed by atoms with Gasteiger partial charge in [0.2, 0.25) is 0 Å². The van der Waals surface area contributed by atoms with Crippen LogP contribution in [0.1, 0.15) is 6.42 Å². The summed E-state index contributed by atoms with van der Waals surface area (Å²) < 4.78 is 0.0591. The average molecular weight is 353 g/mol. The van der Waals surface area contributed by atoms with Gasteiger partial charge in [-0.05, 0) is 38.7 Å². The van der Waals surface area contributed by atoms with Crippen LogP contribution in [0.25, 0.3) is 0 Å². The van der Waals surface area contributed by atoms with Gasteiger partial charge in [0.15, 0.2) is 0 Å². The number of alkyl halides is 1. The summed E-state index contributed by atoms with van der Waals surface area (Å²) in [5.41, 5.74) is 1.80. The van der Waals surface area contributed by atoms with Gasteiger partial charge in [-0.2, -0.15) is 10.2 Å². The molecule has 3 nitrogen and oxygen atoms in total. The van der Waals surface area contributed by atoms with Crippen LogP contribution in [0.3, 0.4) is 0 Å². The Hall–Kier alpha value is -1.01. The molecule has 1 unspecified atom stereocenters. The van der Waals surface area contributed by atoms with Crippen LogP contribution in [0.2, 0.25) is 0 Å². The first kappa shape index (κ1) is 13.4. The summed E-state index contributed by atoms with van der Waals surface area (Å²) in [6.45, 7) is 0. The summed E-state index contributed by atoms with van der Waals surface area (Å²) in [4.78, 5) is 2.20. The molecule has 2 rings (SSSR count). The molecule has 0 aromatic heterocycles. The van der Waals surface area contributed by atoms with Crippen LogP contribution in [0.15, 0.2) is 64.5 Å². The van der Waals surface area contributed by atoms with Gasteiger partial charge in [-0.25, -0.2) is 0 Å². The fourth-order valence-electron chi connectivity index (χ4n) is 1.61. The van der Waals surface area contributed by atoms with Crippen molar-refractivity contribution < 1.29 is 0 Å². The van der Waals surface area contributed by atoms with Gasteiger partial charge in [-0.1, -0.05) is 52.9 Å². The van der Waals surface area contributed by atoms with E-state index in [1.54, 1.807) is 0 Å². The van der Waals surface area contributed by atoms with E-state index in [2.05, 4.69) is 64.0 Å². The second-order valence-electron chi connectivity index (χ2n) is 4.42. The first-order chi connectivity index (χ1) is 8.60. The molecule has 1 aromatic rings. The van der Waals surface area contributed by atoms with Crippen LogP contribution in [-0.2, 0) is 0 Å². The molecule has 1 aliphatic carbocycles. The van der Waals surface area contributed by atoms with Crippen molar-refractivity contribution in [3.63, 3.8) is 0 Å². The lowest BCUT2D eigenvalue weighted by molar-refractivity contribution is 0.326. The van der Waals surface area contributed by atoms with E-state index in [0.29, 0.717) is 0 Å². The number of hydrogen-bond acceptors (Lipinski definition) is 3. The van der Waals surface area contributed by atoms with Crippen LogP contribution in [0.4, 0.5) is 5.69 Å². The van der Waals surface area contributed by atoms with E-state index in [9.17, 15) is 0 Å². The number of benzene rings is 1. The molecule has 0 saturated carbocycles. The Balaban J connectivity index is 2.04. The Bertz CT molecular complexity index is 491. The zero-order valence-corrected chi connectivity index (χ0v) is 12.7. The predicted octanol–water partition coefficient (Wildman–Crippen LogP) is 4.31. The lowest BCUT2D eigenvalue weighted by atomic mass is 10.1. The zero-order valence-electron chi connectivity index (χ0n) is 10.5. The molecule has 0 fully saturated rings. The number of hydrogen-bond donors (Lipinski definition) is 0. The Morgan fingerprint density at radius 3 is 2.44 bits per heavy atom. The number of halogens is 1. The van der Waals surface area contributed by atoms with Gasteiger partial charge in [0.05, 0.1) is 14.9 Å². The summed E-state index contributed by atoms with van der Waals surface area (Å²) in [6, 6.07) is 9.78. The quantitative estimate of drug-likeness (QED) is 0.345. The van der Waals surface area contributed by atoms with Gasteiger partial charge < -0.3 is 0 Å². The first-order valence-corrected chi connectivity index (χ1v) is 6.90. The maximum atomic E-state index is 4.26. The monoisotopic (exact) mass is 353 g/mol. The molecule has 1 aromatic carbocycles. The van der Waals surface area contributed by atoms with Gasteiger partial charge in [0.25, 0.3) is 0 Å². The second-order valence-corrected chi connectivity index (χ2v) is 6.28. The summed E-state index contributed by atoms with van der Waals surface area (Å²) in [5.74, 6) is 0. The minimum atomic E-state index is 0.0591. The maximum Gasteiger partial charge on any atom is 0.0949 e. The maximum absolute atomic E-state index is 4.26. The minimum absolute atomic E-state index is 0.0591. The van der Waals surface area contributed by atoms with Gasteiger partial charge in [-0.15, -0.1) is 0 Å². The summed E-state index contributed by atoms with van der Waals surface area (Å²) >= 11 is 2.45. The molecular formula is C14H16IN3. The molecular weight excluding hydrogens is 337 g/mol. The Morgan fingerprint density at radius 1 is 1.17 bits per heavy atom. The van der Waals surface area contributed by atoms with Crippen LogP contribution in [0, 0.1) is 0 Å². The molecule has 0 aliphatic heterocycles. The van der Waals surface area contributed by atoms with Gasteiger partial charge in [0.1, 0.15) is 0 Å². The third kappa shape index (κ3) is 3.26. The Kier molecular flexibility index (Phi) is 4.29. The van der Waals surface area contributed by atoms with E-state index in [4.69, 9.17) is 0 Å². The van der Waals surface area contributed by atoms with Crippen molar-refractivity contribution in [3.8, 4) is 0 Å². The van der Waals surface area contributed by atoms with E-state index < -0.39 is 0 Å². The molecule has 0 amide bonds. The van der Waals surface area contributed by atoms with Crippen LogP contribution in [0.5, 0.6) is 0 Å². The standard InChI is InChI=1S/C14H16IN3/c1-18(2)14(15)10-8-13(9-11-14)17-16-12-6-4-3-5-7-12/h3-10H,11H2,1-2H3. The molecule has 0 bridgehead atoms. The molecule has 0 radical (unpaired) electrons. The summed E-state index contributed by atoms with van der Waals surface area (Å²) in [5, 5.41) is 8.47. The van der Waals surface area contributed by atoms with E-state index >= 15 is 0 Å². The molecule has 0 N–H and O–H groups in total. The van der Waals surface area contributed by atoms with Crippen molar-refractivity contribution >= 4 is 28.3 Å². The highest BCUT2D eigenvalue weighted by Crippen LogP contribution is 2.32. The average Bonchev–Trinajstić information content (AvgIpc) is 2.39. The molecule has 18 heavy (non-hydrogen) atoms. The molecule has 0 spiro atoms. The van der Waals surface area contributed by atoms with Gasteiger partial charge in [0, 0.05) is 0 Å². The highest BCUT2D eigenvalue weighted by atomic mass is 127. The lowest BCUT2D eigenvalue weighted by Crippen LogP contribution is -2.36. The fourth-order valence-corrected chi connectivity index (χ4v) is 2.01. The summed E-state index contributed by atoms with van der Waals surface area (Å²) in [6.07, 6.45) is 7.27. The molecule has 0 heterocycles. The largest absolute Gasteiger partial charge is 0.292 e. The molecule has 1 atom stereocenters. The topological polar surface area (TPSA) is 28.0 Å². The van der Waals surface area contributed by atoms with Crippen molar-refractivity contribution in [2.24, 2.45) is 10.2 Å². The number of azo groups is 1. The highest BCUT2D eigenvalue weighted by Gasteiger charge is 2.26. The van der Waals surface area contributed by atoms with Crippen LogP contribution < -0.4 is 0 Å². The number of rotatable bonds is 3.